The SMILES string of the molecule is CC(CN)Nc1cc(-n2cnnn2)ccc1Cl. The van der Waals surface area contributed by atoms with Crippen molar-refractivity contribution in [3.8, 4) is 5.69 Å². The first-order valence-corrected chi connectivity index (χ1v) is 5.58. The molecule has 0 aliphatic heterocycles. The maximum Gasteiger partial charge on any atom is 0.143 e. The molecule has 7 heteroatoms. The predicted molar refractivity (Wildman–Crippen MR) is 66.3 cm³/mol. The van der Waals surface area contributed by atoms with E-state index < -0.39 is 0 Å². The van der Waals surface area contributed by atoms with Crippen LogP contribution in [0.3, 0.4) is 0 Å². The third-order valence-electron chi connectivity index (χ3n) is 2.32. The highest BCUT2D eigenvalue weighted by Gasteiger charge is 2.06. The van der Waals surface area contributed by atoms with Crippen molar-refractivity contribution >= 4 is 17.3 Å². The summed E-state index contributed by atoms with van der Waals surface area (Å²) in [5, 5.41) is 14.9. The minimum absolute atomic E-state index is 0.150. The predicted octanol–water partition coefficient (Wildman–Crippen LogP) is 1.07. The van der Waals surface area contributed by atoms with Crippen LogP contribution in [0.15, 0.2) is 24.5 Å². The molecular weight excluding hydrogens is 240 g/mol. The van der Waals surface area contributed by atoms with Gasteiger partial charge in [-0.05, 0) is 35.5 Å². The molecule has 0 saturated carbocycles. The van der Waals surface area contributed by atoms with E-state index in [0.29, 0.717) is 11.6 Å². The number of nitrogens with two attached hydrogens (primary N) is 1. The molecule has 1 aromatic carbocycles. The Bertz CT molecular complexity index is 484. The Balaban J connectivity index is 2.29. The van der Waals surface area contributed by atoms with Crippen molar-refractivity contribution in [2.24, 2.45) is 5.73 Å². The van der Waals surface area contributed by atoms with Gasteiger partial charge < -0.3 is 11.1 Å². The lowest BCUT2D eigenvalue weighted by Crippen LogP contribution is -2.25. The van der Waals surface area contributed by atoms with Crippen molar-refractivity contribution < 1.29 is 0 Å². The van der Waals surface area contributed by atoms with Crippen LogP contribution in [-0.4, -0.2) is 32.8 Å². The highest BCUT2D eigenvalue weighted by molar-refractivity contribution is 6.33. The number of hydrogen-bond donors (Lipinski definition) is 2. The van der Waals surface area contributed by atoms with E-state index in [0.717, 1.165) is 11.4 Å². The lowest BCUT2D eigenvalue weighted by molar-refractivity contribution is 0.786. The number of halogens is 1. The number of anilines is 1. The molecule has 1 unspecified atom stereocenters. The van der Waals surface area contributed by atoms with Crippen LogP contribution < -0.4 is 11.1 Å². The molecular formula is C10H13ClN6. The lowest BCUT2D eigenvalue weighted by Gasteiger charge is -2.15. The van der Waals surface area contributed by atoms with Crippen LogP contribution in [0.5, 0.6) is 0 Å². The number of benzene rings is 1. The Morgan fingerprint density at radius 2 is 2.35 bits per heavy atom. The summed E-state index contributed by atoms with van der Waals surface area (Å²) >= 11 is 6.09. The molecule has 0 bridgehead atoms. The van der Waals surface area contributed by atoms with Crippen molar-refractivity contribution in [2.45, 2.75) is 13.0 Å². The number of nitrogens with one attached hydrogen (secondary N) is 1. The molecule has 0 fully saturated rings. The Kier molecular flexibility index (Phi) is 3.55. The van der Waals surface area contributed by atoms with Gasteiger partial charge in [0.1, 0.15) is 6.33 Å². The van der Waals surface area contributed by atoms with Gasteiger partial charge in [0.05, 0.1) is 16.4 Å². The first-order valence-electron chi connectivity index (χ1n) is 5.20. The molecule has 2 rings (SSSR count). The summed E-state index contributed by atoms with van der Waals surface area (Å²) in [6.45, 7) is 2.52. The molecule has 0 radical (unpaired) electrons. The van der Waals surface area contributed by atoms with Crippen molar-refractivity contribution in [1.82, 2.24) is 20.2 Å². The number of hydrogen-bond acceptors (Lipinski definition) is 5. The van der Waals surface area contributed by atoms with E-state index in [1.54, 1.807) is 10.7 Å². The maximum absolute atomic E-state index is 6.09. The zero-order valence-electron chi connectivity index (χ0n) is 9.34. The van der Waals surface area contributed by atoms with E-state index in [9.17, 15) is 0 Å². The average Bonchev–Trinajstić information content (AvgIpc) is 2.85. The molecule has 3 N–H and O–H groups in total. The van der Waals surface area contributed by atoms with E-state index in [4.69, 9.17) is 17.3 Å². The summed E-state index contributed by atoms with van der Waals surface area (Å²) in [6, 6.07) is 5.67. The Labute approximate surface area is 104 Å². The van der Waals surface area contributed by atoms with Crippen molar-refractivity contribution in [1.29, 1.82) is 0 Å². The van der Waals surface area contributed by atoms with Gasteiger partial charge in [0.15, 0.2) is 0 Å². The highest BCUT2D eigenvalue weighted by atomic mass is 35.5. The fraction of sp³-hybridized carbons (Fsp3) is 0.300. The minimum Gasteiger partial charge on any atom is -0.380 e. The third-order valence-corrected chi connectivity index (χ3v) is 2.65. The van der Waals surface area contributed by atoms with Gasteiger partial charge in [-0.1, -0.05) is 11.6 Å². The lowest BCUT2D eigenvalue weighted by atomic mass is 10.2. The average molecular weight is 253 g/mol. The van der Waals surface area contributed by atoms with Crippen LogP contribution in [0.25, 0.3) is 5.69 Å². The van der Waals surface area contributed by atoms with Crippen LogP contribution in [-0.2, 0) is 0 Å². The second-order valence-electron chi connectivity index (χ2n) is 3.70. The smallest absolute Gasteiger partial charge is 0.143 e. The summed E-state index contributed by atoms with van der Waals surface area (Å²) in [7, 11) is 0. The monoisotopic (exact) mass is 252 g/mol. The van der Waals surface area contributed by atoms with Crippen molar-refractivity contribution in [3.05, 3.63) is 29.5 Å². The van der Waals surface area contributed by atoms with E-state index in [-0.39, 0.29) is 6.04 Å². The van der Waals surface area contributed by atoms with Crippen molar-refractivity contribution in [3.63, 3.8) is 0 Å². The third kappa shape index (κ3) is 2.72. The topological polar surface area (TPSA) is 81.6 Å². The summed E-state index contributed by atoms with van der Waals surface area (Å²) in [4.78, 5) is 0. The van der Waals surface area contributed by atoms with Gasteiger partial charge in [0.2, 0.25) is 0 Å². The van der Waals surface area contributed by atoms with E-state index >= 15 is 0 Å². The fourth-order valence-electron chi connectivity index (χ4n) is 1.37. The standard InChI is InChI=1S/C10H13ClN6/c1-7(5-12)14-10-4-8(2-3-9(10)11)17-6-13-15-16-17/h2-4,6-7,14H,5,12H2,1H3. The second kappa shape index (κ2) is 5.11. The normalized spacial score (nSPS) is 12.4. The van der Waals surface area contributed by atoms with Crippen LogP contribution in [0.4, 0.5) is 5.69 Å². The van der Waals surface area contributed by atoms with Gasteiger partial charge in [-0.25, -0.2) is 4.68 Å². The van der Waals surface area contributed by atoms with Crippen LogP contribution in [0.2, 0.25) is 5.02 Å². The molecule has 90 valence electrons. The molecule has 0 aliphatic carbocycles. The van der Waals surface area contributed by atoms with Gasteiger partial charge >= 0.3 is 0 Å². The molecule has 6 nitrogen and oxygen atoms in total. The quantitative estimate of drug-likeness (QED) is 0.851. The van der Waals surface area contributed by atoms with Crippen LogP contribution in [0.1, 0.15) is 6.92 Å². The van der Waals surface area contributed by atoms with Gasteiger partial charge in [0.25, 0.3) is 0 Å². The zero-order chi connectivity index (χ0) is 12.3. The summed E-state index contributed by atoms with van der Waals surface area (Å²) in [6.07, 6.45) is 1.53. The number of tetrazole rings is 1. The van der Waals surface area contributed by atoms with Crippen LogP contribution >= 0.6 is 11.6 Å². The zero-order valence-corrected chi connectivity index (χ0v) is 10.1. The van der Waals surface area contributed by atoms with Gasteiger partial charge in [-0.2, -0.15) is 0 Å². The largest absolute Gasteiger partial charge is 0.380 e. The van der Waals surface area contributed by atoms with Crippen molar-refractivity contribution in [2.75, 3.05) is 11.9 Å². The number of rotatable bonds is 4. The van der Waals surface area contributed by atoms with Crippen LogP contribution in [0, 0.1) is 0 Å². The van der Waals surface area contributed by atoms with E-state index in [2.05, 4.69) is 20.8 Å². The Morgan fingerprint density at radius 3 is 3.00 bits per heavy atom. The summed E-state index contributed by atoms with van der Waals surface area (Å²) < 4.78 is 1.56. The molecule has 0 spiro atoms. The molecule has 1 aromatic heterocycles. The minimum atomic E-state index is 0.150. The highest BCUT2D eigenvalue weighted by Crippen LogP contribution is 2.24. The van der Waals surface area contributed by atoms with Gasteiger partial charge in [-0.15, -0.1) is 5.10 Å². The second-order valence-corrected chi connectivity index (χ2v) is 4.11. The Hall–Kier alpha value is -1.66. The molecule has 1 atom stereocenters. The fourth-order valence-corrected chi connectivity index (χ4v) is 1.54. The summed E-state index contributed by atoms with van der Waals surface area (Å²) in [5.41, 5.74) is 7.22. The van der Waals surface area contributed by atoms with E-state index in [1.165, 1.54) is 6.33 Å². The number of nitrogens with zero attached hydrogens (tertiary/aromatic N) is 4. The maximum atomic E-state index is 6.09. The molecule has 1 heterocycles. The first kappa shape index (κ1) is 11.8. The first-order chi connectivity index (χ1) is 8.20. The molecule has 2 aromatic rings. The Morgan fingerprint density at radius 1 is 1.53 bits per heavy atom. The van der Waals surface area contributed by atoms with Gasteiger partial charge in [-0.3, -0.25) is 0 Å². The number of aromatic nitrogens is 4. The molecule has 0 saturated heterocycles. The van der Waals surface area contributed by atoms with E-state index in [1.807, 2.05) is 19.1 Å². The molecule has 0 aliphatic rings. The molecule has 0 amide bonds. The van der Waals surface area contributed by atoms with Gasteiger partial charge in [0, 0.05) is 12.6 Å². The molecule has 17 heavy (non-hydrogen) atoms. The summed E-state index contributed by atoms with van der Waals surface area (Å²) in [5.74, 6) is 0.